The second kappa shape index (κ2) is 13.3. The number of carbonyl (C=O) groups excluding carboxylic acids is 3. The number of amides is 3. The number of piperazine rings is 1. The van der Waals surface area contributed by atoms with Crippen LogP contribution in [0.1, 0.15) is 48.7 Å². The van der Waals surface area contributed by atoms with Gasteiger partial charge < -0.3 is 19.7 Å². The Morgan fingerprint density at radius 1 is 0.702 bits per heavy atom. The number of aromatic nitrogens is 2. The molecule has 5 heterocycles. The van der Waals surface area contributed by atoms with Gasteiger partial charge in [-0.3, -0.25) is 19.3 Å². The summed E-state index contributed by atoms with van der Waals surface area (Å²) in [7, 11) is 0. The Bertz CT molecular complexity index is 1760. The number of fused-ring (bicyclic) bond motifs is 1. The smallest absolute Gasteiger partial charge is 0.254 e. The van der Waals surface area contributed by atoms with Crippen molar-refractivity contribution >= 4 is 28.6 Å². The minimum absolute atomic E-state index is 0.0357. The largest absolute Gasteiger partial charge is 0.359 e. The number of pyridine rings is 1. The topological polar surface area (TPSA) is 92.9 Å². The number of hydrogen-bond donors (Lipinski definition) is 1. The molecule has 0 bridgehead atoms. The van der Waals surface area contributed by atoms with Gasteiger partial charge in [0.1, 0.15) is 0 Å². The van der Waals surface area contributed by atoms with Gasteiger partial charge in [-0.25, -0.2) is 4.98 Å². The molecule has 0 spiro atoms. The highest BCUT2D eigenvalue weighted by Crippen LogP contribution is 2.29. The summed E-state index contributed by atoms with van der Waals surface area (Å²) in [5, 5.41) is 1.13. The van der Waals surface area contributed by atoms with E-state index >= 15 is 0 Å². The third-order valence-corrected chi connectivity index (χ3v) is 10.4. The second-order valence-electron chi connectivity index (χ2n) is 13.4. The Morgan fingerprint density at radius 2 is 1.36 bits per heavy atom. The van der Waals surface area contributed by atoms with E-state index in [0.29, 0.717) is 37.8 Å². The standard InChI is InChI=1S/C38H44N6O3/c1-26-22-31-23-30(8-9-34(31)39-26)36-25-32(24-35(40-36)28-6-4-3-5-7-28)38(47)44-20-18-42(19-21-44)33-12-16-43(17-13-33)37(46)29-10-14-41(15-11-29)27(2)45/h3-9,22-25,29,33,39H,10-21H2,1-2H3. The zero-order chi connectivity index (χ0) is 32.5. The van der Waals surface area contributed by atoms with E-state index in [1.54, 1.807) is 6.92 Å². The van der Waals surface area contributed by atoms with Crippen LogP contribution in [0.3, 0.4) is 0 Å². The maximum absolute atomic E-state index is 14.0. The number of nitrogens with one attached hydrogen (secondary N) is 1. The molecule has 3 aliphatic rings. The molecule has 0 unspecified atom stereocenters. The molecule has 1 N–H and O–H groups in total. The van der Waals surface area contributed by atoms with Crippen LogP contribution >= 0.6 is 0 Å². The van der Waals surface area contributed by atoms with Crippen LogP contribution in [0.2, 0.25) is 0 Å². The average molecular weight is 633 g/mol. The van der Waals surface area contributed by atoms with E-state index in [2.05, 4.69) is 41.1 Å². The third-order valence-electron chi connectivity index (χ3n) is 10.4. The van der Waals surface area contributed by atoms with E-state index in [0.717, 1.165) is 91.0 Å². The number of H-pyrrole nitrogens is 1. The van der Waals surface area contributed by atoms with Gasteiger partial charge in [-0.15, -0.1) is 0 Å². The highest BCUT2D eigenvalue weighted by atomic mass is 16.2. The maximum Gasteiger partial charge on any atom is 0.254 e. The Kier molecular flexibility index (Phi) is 8.82. The van der Waals surface area contributed by atoms with Gasteiger partial charge in [0.15, 0.2) is 0 Å². The summed E-state index contributed by atoms with van der Waals surface area (Å²) in [5.41, 5.74) is 6.41. The second-order valence-corrected chi connectivity index (χ2v) is 13.4. The molecular weight excluding hydrogens is 588 g/mol. The molecule has 3 amide bonds. The van der Waals surface area contributed by atoms with Crippen molar-refractivity contribution in [3.8, 4) is 22.5 Å². The normalized spacial score (nSPS) is 18.6. The monoisotopic (exact) mass is 632 g/mol. The molecule has 0 radical (unpaired) electrons. The number of benzene rings is 2. The van der Waals surface area contributed by atoms with Crippen LogP contribution in [0, 0.1) is 12.8 Å². The number of hydrogen-bond acceptors (Lipinski definition) is 5. The van der Waals surface area contributed by atoms with Crippen molar-refractivity contribution in [1.82, 2.24) is 29.6 Å². The van der Waals surface area contributed by atoms with Gasteiger partial charge in [-0.05, 0) is 62.9 Å². The minimum atomic E-state index is 0.0357. The minimum Gasteiger partial charge on any atom is -0.359 e. The van der Waals surface area contributed by atoms with Gasteiger partial charge in [0, 0.05) is 105 Å². The van der Waals surface area contributed by atoms with Crippen LogP contribution in [0.5, 0.6) is 0 Å². The molecule has 4 aromatic rings. The number of nitrogens with zero attached hydrogens (tertiary/aromatic N) is 5. The van der Waals surface area contributed by atoms with Gasteiger partial charge in [0.05, 0.1) is 11.4 Å². The molecule has 2 aromatic carbocycles. The molecule has 0 aliphatic carbocycles. The lowest BCUT2D eigenvalue weighted by molar-refractivity contribution is -0.141. The molecule has 3 saturated heterocycles. The Hall–Kier alpha value is -4.50. The molecular formula is C38H44N6O3. The van der Waals surface area contributed by atoms with Crippen LogP contribution in [0.15, 0.2) is 66.7 Å². The lowest BCUT2D eigenvalue weighted by Crippen LogP contribution is -2.55. The lowest BCUT2D eigenvalue weighted by Gasteiger charge is -2.43. The first-order valence-electron chi connectivity index (χ1n) is 17.1. The van der Waals surface area contributed by atoms with Crippen molar-refractivity contribution in [3.05, 3.63) is 78.0 Å². The van der Waals surface area contributed by atoms with Crippen molar-refractivity contribution in [2.45, 2.75) is 45.6 Å². The first-order valence-corrected chi connectivity index (χ1v) is 17.1. The fourth-order valence-corrected chi connectivity index (χ4v) is 7.62. The maximum atomic E-state index is 14.0. The van der Waals surface area contributed by atoms with Crippen LogP contribution in [-0.4, -0.2) is 106 Å². The Morgan fingerprint density at radius 3 is 2.04 bits per heavy atom. The van der Waals surface area contributed by atoms with Crippen LogP contribution in [-0.2, 0) is 9.59 Å². The lowest BCUT2D eigenvalue weighted by atomic mass is 9.93. The summed E-state index contributed by atoms with van der Waals surface area (Å²) in [6, 6.07) is 22.8. The van der Waals surface area contributed by atoms with Crippen molar-refractivity contribution in [2.24, 2.45) is 5.92 Å². The molecule has 3 aliphatic heterocycles. The number of carbonyl (C=O) groups is 3. The summed E-state index contributed by atoms with van der Waals surface area (Å²) in [5.74, 6) is 0.437. The zero-order valence-corrected chi connectivity index (χ0v) is 27.5. The van der Waals surface area contributed by atoms with Gasteiger partial charge in [0.25, 0.3) is 5.91 Å². The summed E-state index contributed by atoms with van der Waals surface area (Å²) in [4.78, 5) is 55.7. The Labute approximate surface area is 276 Å². The first-order chi connectivity index (χ1) is 22.8. The van der Waals surface area contributed by atoms with Gasteiger partial charge >= 0.3 is 0 Å². The molecule has 7 rings (SSSR count). The van der Waals surface area contributed by atoms with E-state index in [9.17, 15) is 14.4 Å². The molecule has 9 nitrogen and oxygen atoms in total. The summed E-state index contributed by atoms with van der Waals surface area (Å²) in [6.07, 6.45) is 3.46. The summed E-state index contributed by atoms with van der Waals surface area (Å²) >= 11 is 0. The van der Waals surface area contributed by atoms with Crippen LogP contribution in [0.25, 0.3) is 33.4 Å². The highest BCUT2D eigenvalue weighted by molar-refractivity contribution is 5.97. The third kappa shape index (κ3) is 6.67. The molecule has 9 heteroatoms. The fourth-order valence-electron chi connectivity index (χ4n) is 7.62. The van der Waals surface area contributed by atoms with Gasteiger partial charge in [0.2, 0.25) is 11.8 Å². The highest BCUT2D eigenvalue weighted by Gasteiger charge is 2.34. The van der Waals surface area contributed by atoms with Crippen molar-refractivity contribution in [2.75, 3.05) is 52.4 Å². The fraction of sp³-hybridized carbons (Fsp3) is 0.421. The summed E-state index contributed by atoms with van der Waals surface area (Å²) < 4.78 is 0. The average Bonchev–Trinajstić information content (AvgIpc) is 3.50. The Balaban J connectivity index is 0.995. The van der Waals surface area contributed by atoms with E-state index < -0.39 is 0 Å². The van der Waals surface area contributed by atoms with Crippen molar-refractivity contribution < 1.29 is 14.4 Å². The van der Waals surface area contributed by atoms with Crippen LogP contribution < -0.4 is 0 Å². The van der Waals surface area contributed by atoms with Crippen molar-refractivity contribution in [1.29, 1.82) is 0 Å². The van der Waals surface area contributed by atoms with E-state index in [1.807, 2.05) is 57.2 Å². The van der Waals surface area contributed by atoms with Crippen LogP contribution in [0.4, 0.5) is 0 Å². The molecule has 2 aromatic heterocycles. The molecule has 3 fully saturated rings. The molecule has 0 saturated carbocycles. The molecule has 0 atom stereocenters. The van der Waals surface area contributed by atoms with Gasteiger partial charge in [-0.1, -0.05) is 36.4 Å². The van der Waals surface area contributed by atoms with Gasteiger partial charge in [-0.2, -0.15) is 0 Å². The number of rotatable bonds is 5. The summed E-state index contributed by atoms with van der Waals surface area (Å²) in [6.45, 7) is 9.62. The van der Waals surface area contributed by atoms with Crippen molar-refractivity contribution in [3.63, 3.8) is 0 Å². The predicted molar refractivity (Wildman–Crippen MR) is 184 cm³/mol. The zero-order valence-electron chi connectivity index (χ0n) is 27.5. The van der Waals surface area contributed by atoms with E-state index in [4.69, 9.17) is 4.98 Å². The predicted octanol–water partition coefficient (Wildman–Crippen LogP) is 5.21. The van der Waals surface area contributed by atoms with E-state index in [-0.39, 0.29) is 23.6 Å². The first kappa shape index (κ1) is 31.1. The number of piperidine rings is 2. The number of likely N-dealkylation sites (tertiary alicyclic amines) is 2. The number of aromatic amines is 1. The molecule has 47 heavy (non-hydrogen) atoms. The SMILES string of the molecule is CC(=O)N1CCC(C(=O)N2CCC(N3CCN(C(=O)c4cc(-c5ccccc5)nc(-c5ccc6[nH]c(C)cc6c5)c4)CC3)CC2)CC1. The molecule has 244 valence electrons. The van der Waals surface area contributed by atoms with E-state index in [1.165, 1.54) is 0 Å². The number of aryl methyl sites for hydroxylation is 1. The quantitative estimate of drug-likeness (QED) is 0.326.